The Labute approximate surface area is 873 Å². The average Bonchev–Trinajstić information content (AvgIpc) is 0.868. The first kappa shape index (κ1) is 125. The van der Waals surface area contributed by atoms with Crippen LogP contribution in [0.3, 0.4) is 0 Å². The Bertz CT molecular complexity index is 4250. The molecule has 0 radical (unpaired) electrons. The van der Waals surface area contributed by atoms with Gasteiger partial charge >= 0.3 is 23.9 Å². The molecule has 0 spiro atoms. The van der Waals surface area contributed by atoms with Crippen LogP contribution in [0.2, 0.25) is 0 Å². The molecule has 4 aromatic carbocycles. The summed E-state index contributed by atoms with van der Waals surface area (Å²) < 4.78 is 46.2. The van der Waals surface area contributed by atoms with Crippen molar-refractivity contribution in [3.05, 3.63) is 144 Å². The first-order valence-corrected chi connectivity index (χ1v) is 57.1. The largest absolute Gasteiger partial charge is 0.494 e. The summed E-state index contributed by atoms with van der Waals surface area (Å²) in [6, 6.07) is 31.6. The molecule has 808 valence electrons. The molecule has 4 aliphatic rings. The van der Waals surface area contributed by atoms with Crippen molar-refractivity contribution in [3.63, 3.8) is 0 Å². The number of unbranched alkanes of at least 4 members (excludes halogenated alkanes) is 32. The lowest BCUT2D eigenvalue weighted by molar-refractivity contribution is -0.163. The highest BCUT2D eigenvalue weighted by molar-refractivity contribution is 5.94. The number of carbonyl (C=O) groups is 8. The fourth-order valence-corrected chi connectivity index (χ4v) is 16.8. The molecular formula is C124H196N4O16. The summed E-state index contributed by atoms with van der Waals surface area (Å²) in [6.07, 6.45) is 69.2. The standard InChI is InChI=1S/C34H55NO4.C32H51NO4.C30H47NO4.C28H43NO4/c1-5-7-8-9-10-11-12-13-14-15-16-17-28-38-30-21-18-29(19-22-30)20-23-32(36)35-26-24-31(25-27-35)39-33(37)34(3,4)6-2;1-5-7-8-9-10-11-12-13-14-15-26-36-28-19-16-27(17-20-28)18-21-30(34)33-24-22-29(23-25-33)37-31(35)32(3,4)6-2;1-5-7-8-9-10-11-12-13-24-34-26-17-14-25(15-18-26)16-19-28(32)31-22-20-27(21-23-31)35-29(33)30(3,4)6-2;1-5-7-8-9-10-11-22-32-24-15-12-23(13-16-24)14-17-26(30)29-20-18-25(19-21-29)33-27(31)28(3,4)6-2/h18-23,31H,5-17,24-28H2,1-4H3;16-21,29H,5-15,22-26H2,1-4H3;14-19,27H,5-13,20-24H2,1-4H3;12-17,25H,5-11,18-22H2,1-4H3/b23-20+;21-18+;19-16+;17-14+. The predicted molar refractivity (Wildman–Crippen MR) is 592 cm³/mol. The van der Waals surface area contributed by atoms with E-state index in [4.69, 9.17) is 37.9 Å². The maximum absolute atomic E-state index is 12.6. The molecular weight excluding hydrogens is 1800 g/mol. The van der Waals surface area contributed by atoms with Gasteiger partial charge in [-0.3, -0.25) is 38.4 Å². The molecule has 0 unspecified atom stereocenters. The molecule has 0 N–H and O–H groups in total. The number of hydrogen-bond donors (Lipinski definition) is 0. The highest BCUT2D eigenvalue weighted by atomic mass is 16.6. The van der Waals surface area contributed by atoms with Crippen LogP contribution in [0.15, 0.2) is 121 Å². The summed E-state index contributed by atoms with van der Waals surface area (Å²) in [5.41, 5.74) is 2.08. The topological polar surface area (TPSA) is 223 Å². The molecule has 0 saturated carbocycles. The summed E-state index contributed by atoms with van der Waals surface area (Å²) in [6.45, 7) is 40.2. The van der Waals surface area contributed by atoms with Gasteiger partial charge in [0.25, 0.3) is 0 Å². The summed E-state index contributed by atoms with van der Waals surface area (Å²) in [5.74, 6) is 2.92. The maximum atomic E-state index is 12.6. The number of hydrogen-bond acceptors (Lipinski definition) is 16. The Hall–Kier alpha value is -9.20. The van der Waals surface area contributed by atoms with Crippen LogP contribution in [0.1, 0.15) is 441 Å². The van der Waals surface area contributed by atoms with E-state index in [2.05, 4.69) is 27.7 Å². The minimum Gasteiger partial charge on any atom is -0.494 e. The molecule has 0 bridgehead atoms. The molecule has 144 heavy (non-hydrogen) atoms. The molecule has 0 atom stereocenters. The van der Waals surface area contributed by atoms with E-state index in [9.17, 15) is 38.4 Å². The molecule has 4 amide bonds. The number of piperidine rings is 4. The van der Waals surface area contributed by atoms with Crippen LogP contribution in [0.25, 0.3) is 24.3 Å². The number of likely N-dealkylation sites (tertiary alicyclic amines) is 4. The van der Waals surface area contributed by atoms with E-state index in [0.717, 1.165) is 123 Å². The fraction of sp³-hybridized carbons (Fsp3) is 0.677. The van der Waals surface area contributed by atoms with Crippen LogP contribution in [-0.2, 0) is 57.3 Å². The Balaban J connectivity index is 0.000000339. The van der Waals surface area contributed by atoms with Gasteiger partial charge in [0.05, 0.1) is 48.1 Å². The Morgan fingerprint density at radius 3 is 0.521 bits per heavy atom. The summed E-state index contributed by atoms with van der Waals surface area (Å²) >= 11 is 0. The van der Waals surface area contributed by atoms with Crippen molar-refractivity contribution in [2.24, 2.45) is 21.7 Å². The first-order chi connectivity index (χ1) is 69.4. The zero-order chi connectivity index (χ0) is 105. The average molecular weight is 2000 g/mol. The number of rotatable bonds is 64. The van der Waals surface area contributed by atoms with Gasteiger partial charge in [0.1, 0.15) is 47.4 Å². The third-order valence-electron chi connectivity index (χ3n) is 29.1. The number of carbonyl (C=O) groups excluding carboxylic acids is 8. The van der Waals surface area contributed by atoms with Gasteiger partial charge in [-0.05, 0) is 202 Å². The van der Waals surface area contributed by atoms with Gasteiger partial charge in [-0.25, -0.2) is 0 Å². The number of nitrogens with zero attached hydrogens (tertiary/aromatic N) is 4. The molecule has 4 heterocycles. The number of amides is 4. The van der Waals surface area contributed by atoms with Crippen molar-refractivity contribution in [1.29, 1.82) is 0 Å². The van der Waals surface area contributed by atoms with Gasteiger partial charge in [-0.2, -0.15) is 0 Å². The predicted octanol–water partition coefficient (Wildman–Crippen LogP) is 30.3. The lowest BCUT2D eigenvalue weighted by atomic mass is 9.90. The van der Waals surface area contributed by atoms with Gasteiger partial charge in [-0.15, -0.1) is 0 Å². The monoisotopic (exact) mass is 2000 g/mol. The Morgan fingerprint density at radius 2 is 0.375 bits per heavy atom. The minimum absolute atomic E-state index is 0.0000458. The molecule has 4 fully saturated rings. The van der Waals surface area contributed by atoms with Gasteiger partial charge < -0.3 is 57.5 Å². The van der Waals surface area contributed by atoms with E-state index in [0.29, 0.717) is 104 Å². The molecule has 0 aromatic heterocycles. The van der Waals surface area contributed by atoms with E-state index in [1.54, 1.807) is 24.3 Å². The van der Waals surface area contributed by atoms with E-state index < -0.39 is 21.7 Å². The van der Waals surface area contributed by atoms with Crippen LogP contribution in [-0.4, -0.2) is 170 Å². The van der Waals surface area contributed by atoms with E-state index >= 15 is 0 Å². The van der Waals surface area contributed by atoms with E-state index in [1.807, 2.05) is 224 Å². The minimum atomic E-state index is -0.456. The van der Waals surface area contributed by atoms with Crippen molar-refractivity contribution in [2.45, 2.75) is 443 Å². The van der Waals surface area contributed by atoms with Gasteiger partial charge in [0.15, 0.2) is 0 Å². The maximum Gasteiger partial charge on any atom is 0.311 e. The first-order valence-electron chi connectivity index (χ1n) is 57.1. The molecule has 0 aliphatic carbocycles. The molecule has 4 aliphatic heterocycles. The van der Waals surface area contributed by atoms with Crippen LogP contribution < -0.4 is 18.9 Å². The van der Waals surface area contributed by atoms with Crippen molar-refractivity contribution < 1.29 is 76.3 Å². The number of esters is 4. The second-order valence-corrected chi connectivity index (χ2v) is 43.0. The van der Waals surface area contributed by atoms with Crippen LogP contribution >= 0.6 is 0 Å². The number of benzene rings is 4. The second kappa shape index (κ2) is 73.8. The summed E-state index contributed by atoms with van der Waals surface area (Å²) in [5, 5.41) is 0. The van der Waals surface area contributed by atoms with Crippen LogP contribution in [0.5, 0.6) is 23.0 Å². The van der Waals surface area contributed by atoms with Crippen molar-refractivity contribution in [2.75, 3.05) is 78.8 Å². The zero-order valence-corrected chi connectivity index (χ0v) is 92.9. The highest BCUT2D eigenvalue weighted by Crippen LogP contribution is 2.32. The smallest absolute Gasteiger partial charge is 0.311 e. The van der Waals surface area contributed by atoms with Crippen LogP contribution in [0.4, 0.5) is 0 Å². The van der Waals surface area contributed by atoms with Crippen molar-refractivity contribution >= 4 is 71.8 Å². The summed E-state index contributed by atoms with van der Waals surface area (Å²) in [7, 11) is 0. The van der Waals surface area contributed by atoms with Crippen molar-refractivity contribution in [3.8, 4) is 23.0 Å². The Morgan fingerprint density at radius 1 is 0.229 bits per heavy atom. The molecule has 20 heteroatoms. The molecule has 4 saturated heterocycles. The summed E-state index contributed by atoms with van der Waals surface area (Å²) in [4.78, 5) is 107. The van der Waals surface area contributed by atoms with Gasteiger partial charge in [0.2, 0.25) is 23.6 Å². The zero-order valence-electron chi connectivity index (χ0n) is 92.9. The molecule has 20 nitrogen and oxygen atoms in total. The highest BCUT2D eigenvalue weighted by Gasteiger charge is 2.36. The van der Waals surface area contributed by atoms with Crippen LogP contribution in [0, 0.1) is 21.7 Å². The quantitative estimate of drug-likeness (QED) is 0.0173. The van der Waals surface area contributed by atoms with E-state index in [1.165, 1.54) is 205 Å². The Kier molecular flexibility index (Phi) is 64.2. The van der Waals surface area contributed by atoms with E-state index in [-0.39, 0.29) is 71.9 Å². The lowest BCUT2D eigenvalue weighted by Gasteiger charge is -2.33. The van der Waals surface area contributed by atoms with Gasteiger partial charge in [0, 0.05) is 128 Å². The van der Waals surface area contributed by atoms with Crippen molar-refractivity contribution in [1.82, 2.24) is 19.6 Å². The molecule has 8 rings (SSSR count). The normalized spacial score (nSPS) is 14.8. The second-order valence-electron chi connectivity index (χ2n) is 43.0. The number of ether oxygens (including phenoxy) is 8. The lowest BCUT2D eigenvalue weighted by Crippen LogP contribution is -2.42. The molecule has 4 aromatic rings. The van der Waals surface area contributed by atoms with Gasteiger partial charge in [-0.1, -0.05) is 309 Å². The SMILES string of the molecule is CCCCCCCCCCCCCCOc1ccc(/C=C/C(=O)N2CCC(OC(=O)C(C)(C)CC)CC2)cc1.CCCCCCCCCCCCOc1ccc(/C=C/C(=O)N2CCC(OC(=O)C(C)(C)CC)CC2)cc1.CCCCCCCCCCOc1ccc(/C=C/C(=O)N2CCC(OC(=O)C(C)(C)CC)CC2)cc1.CCCCCCCCOc1ccc(/C=C/C(=O)N2CCC(OC(=O)C(C)(C)CC)CC2)cc1. The third kappa shape index (κ3) is 53.9. The third-order valence-corrected chi connectivity index (χ3v) is 29.1. The fourth-order valence-electron chi connectivity index (χ4n) is 16.8.